The third-order valence-electron chi connectivity index (χ3n) is 3.89. The fraction of sp³-hybridized carbons (Fsp3) is 0.538. The first kappa shape index (κ1) is 11.3. The Morgan fingerprint density at radius 3 is 2.94 bits per heavy atom. The smallest absolute Gasteiger partial charge is 0.228 e. The van der Waals surface area contributed by atoms with Crippen molar-refractivity contribution in [3.8, 4) is 0 Å². The molecule has 1 aromatic rings. The van der Waals surface area contributed by atoms with E-state index in [1.165, 1.54) is 5.69 Å². The van der Waals surface area contributed by atoms with E-state index in [4.69, 9.17) is 0 Å². The number of amides is 2. The quantitative estimate of drug-likeness (QED) is 0.717. The Bertz CT molecular complexity index is 494. The van der Waals surface area contributed by atoms with Gasteiger partial charge >= 0.3 is 0 Å². The molecule has 2 aliphatic heterocycles. The lowest BCUT2D eigenvalue weighted by molar-refractivity contribution is -0.137. The number of nitrogens with zero attached hydrogens (tertiary/aromatic N) is 3. The van der Waals surface area contributed by atoms with Gasteiger partial charge in [0, 0.05) is 45.0 Å². The lowest BCUT2D eigenvalue weighted by atomic mass is 10.1. The zero-order valence-electron chi connectivity index (χ0n) is 10.5. The summed E-state index contributed by atoms with van der Waals surface area (Å²) in [5.74, 6) is 0.0536. The number of likely N-dealkylation sites (tertiary alicyclic amines) is 1. The number of hydrogen-bond acceptors (Lipinski definition) is 2. The van der Waals surface area contributed by atoms with Gasteiger partial charge in [0.1, 0.15) is 0 Å². The fourth-order valence-corrected chi connectivity index (χ4v) is 2.79. The predicted molar refractivity (Wildman–Crippen MR) is 65.6 cm³/mol. The highest BCUT2D eigenvalue weighted by atomic mass is 16.2. The van der Waals surface area contributed by atoms with Gasteiger partial charge in [0.05, 0.1) is 12.5 Å². The van der Waals surface area contributed by atoms with Crippen LogP contribution in [0.1, 0.15) is 12.1 Å². The number of carbonyl (C=O) groups excluding carboxylic acids is 2. The Hall–Kier alpha value is -1.78. The highest BCUT2D eigenvalue weighted by molar-refractivity contribution is 5.89. The van der Waals surface area contributed by atoms with Gasteiger partial charge in [-0.05, 0) is 12.1 Å². The molecule has 0 saturated carbocycles. The maximum Gasteiger partial charge on any atom is 0.228 e. The third kappa shape index (κ3) is 1.79. The van der Waals surface area contributed by atoms with Crippen molar-refractivity contribution in [1.29, 1.82) is 0 Å². The summed E-state index contributed by atoms with van der Waals surface area (Å²) < 4.78 is 2.18. The van der Waals surface area contributed by atoms with Crippen LogP contribution in [0.5, 0.6) is 0 Å². The zero-order chi connectivity index (χ0) is 12.7. The van der Waals surface area contributed by atoms with Crippen LogP contribution in [-0.2, 0) is 22.7 Å². The van der Waals surface area contributed by atoms with Crippen LogP contribution >= 0.6 is 0 Å². The minimum absolute atomic E-state index is 0.0775. The van der Waals surface area contributed by atoms with E-state index >= 15 is 0 Å². The number of fused-ring (bicyclic) bond motifs is 1. The van der Waals surface area contributed by atoms with E-state index in [9.17, 15) is 9.59 Å². The molecule has 0 aliphatic carbocycles. The zero-order valence-corrected chi connectivity index (χ0v) is 10.5. The summed E-state index contributed by atoms with van der Waals surface area (Å²) in [4.78, 5) is 27.4. The van der Waals surface area contributed by atoms with E-state index in [0.717, 1.165) is 13.1 Å². The van der Waals surface area contributed by atoms with E-state index < -0.39 is 0 Å². The van der Waals surface area contributed by atoms with Crippen LogP contribution in [0.2, 0.25) is 0 Å². The van der Waals surface area contributed by atoms with Crippen LogP contribution in [0.3, 0.4) is 0 Å². The van der Waals surface area contributed by atoms with Crippen LogP contribution in [-0.4, -0.2) is 46.3 Å². The van der Waals surface area contributed by atoms with Gasteiger partial charge in [-0.25, -0.2) is 0 Å². The first-order valence-electron chi connectivity index (χ1n) is 6.32. The first-order chi connectivity index (χ1) is 8.65. The second kappa shape index (κ2) is 4.15. The highest BCUT2D eigenvalue weighted by Gasteiger charge is 2.35. The molecule has 1 saturated heterocycles. The standard InChI is InChI=1S/C13H17N3O2/c1-14-8-10(7-12(14)17)13(18)16-6-5-15-4-2-3-11(15)9-16/h2-4,10H,5-9H2,1H3/t10-/m1/s1. The Morgan fingerprint density at radius 2 is 2.22 bits per heavy atom. The minimum Gasteiger partial charge on any atom is -0.348 e. The molecule has 18 heavy (non-hydrogen) atoms. The largest absolute Gasteiger partial charge is 0.348 e. The molecule has 96 valence electrons. The van der Waals surface area contributed by atoms with Gasteiger partial charge < -0.3 is 14.4 Å². The van der Waals surface area contributed by atoms with Crippen LogP contribution in [0.25, 0.3) is 0 Å². The Balaban J connectivity index is 1.70. The monoisotopic (exact) mass is 247 g/mol. The van der Waals surface area contributed by atoms with E-state index in [1.54, 1.807) is 11.9 Å². The van der Waals surface area contributed by atoms with E-state index in [1.807, 2.05) is 23.2 Å². The van der Waals surface area contributed by atoms with Crippen LogP contribution in [0, 0.1) is 5.92 Å². The number of rotatable bonds is 1. The van der Waals surface area contributed by atoms with Gasteiger partial charge in [0.25, 0.3) is 0 Å². The Kier molecular flexibility index (Phi) is 2.61. The summed E-state index contributed by atoms with van der Waals surface area (Å²) in [6, 6.07) is 4.06. The molecule has 2 amide bonds. The minimum atomic E-state index is -0.149. The molecule has 0 aromatic carbocycles. The maximum atomic E-state index is 12.4. The third-order valence-corrected chi connectivity index (χ3v) is 3.89. The molecule has 5 heteroatoms. The highest BCUT2D eigenvalue weighted by Crippen LogP contribution is 2.21. The number of carbonyl (C=O) groups is 2. The molecule has 1 fully saturated rings. The van der Waals surface area contributed by atoms with Crippen molar-refractivity contribution in [3.63, 3.8) is 0 Å². The van der Waals surface area contributed by atoms with Gasteiger partial charge in [-0.15, -0.1) is 0 Å². The second-order valence-corrected chi connectivity index (χ2v) is 5.13. The van der Waals surface area contributed by atoms with Crippen molar-refractivity contribution < 1.29 is 9.59 Å². The molecular formula is C13H17N3O2. The van der Waals surface area contributed by atoms with Crippen molar-refractivity contribution in [2.45, 2.75) is 19.5 Å². The Labute approximate surface area is 106 Å². The summed E-state index contributed by atoms with van der Waals surface area (Å²) in [5, 5.41) is 0. The first-order valence-corrected chi connectivity index (χ1v) is 6.32. The summed E-state index contributed by atoms with van der Waals surface area (Å²) >= 11 is 0. The van der Waals surface area contributed by atoms with Gasteiger partial charge in [0.2, 0.25) is 11.8 Å². The van der Waals surface area contributed by atoms with E-state index in [0.29, 0.717) is 19.5 Å². The van der Waals surface area contributed by atoms with Crippen molar-refractivity contribution in [2.24, 2.45) is 5.92 Å². The molecule has 1 atom stereocenters. The molecule has 3 rings (SSSR count). The van der Waals surface area contributed by atoms with Crippen LogP contribution in [0.15, 0.2) is 18.3 Å². The van der Waals surface area contributed by atoms with Crippen molar-refractivity contribution >= 4 is 11.8 Å². The van der Waals surface area contributed by atoms with E-state index in [2.05, 4.69) is 4.57 Å². The molecule has 0 unspecified atom stereocenters. The normalized spacial score (nSPS) is 23.4. The SMILES string of the molecule is CN1C[C@H](C(=O)N2CCn3cccc3C2)CC1=O. The molecule has 0 N–H and O–H groups in total. The predicted octanol–water partition coefficient (Wildman–Crippen LogP) is 0.309. The summed E-state index contributed by atoms with van der Waals surface area (Å²) in [5.41, 5.74) is 1.17. The molecular weight excluding hydrogens is 230 g/mol. The molecule has 2 aliphatic rings. The number of hydrogen-bond donors (Lipinski definition) is 0. The van der Waals surface area contributed by atoms with Crippen LogP contribution < -0.4 is 0 Å². The topological polar surface area (TPSA) is 45.6 Å². The van der Waals surface area contributed by atoms with Gasteiger partial charge in [-0.1, -0.05) is 0 Å². The lowest BCUT2D eigenvalue weighted by Crippen LogP contribution is -2.41. The molecule has 5 nitrogen and oxygen atoms in total. The van der Waals surface area contributed by atoms with Gasteiger partial charge in [-0.2, -0.15) is 0 Å². The van der Waals surface area contributed by atoms with E-state index in [-0.39, 0.29) is 17.7 Å². The molecule has 1 aromatic heterocycles. The van der Waals surface area contributed by atoms with Gasteiger partial charge in [-0.3, -0.25) is 9.59 Å². The maximum absolute atomic E-state index is 12.4. The second-order valence-electron chi connectivity index (χ2n) is 5.13. The van der Waals surface area contributed by atoms with Crippen molar-refractivity contribution in [1.82, 2.24) is 14.4 Å². The fourth-order valence-electron chi connectivity index (χ4n) is 2.79. The average molecular weight is 247 g/mol. The Morgan fingerprint density at radius 1 is 1.39 bits per heavy atom. The summed E-state index contributed by atoms with van der Waals surface area (Å²) in [7, 11) is 1.76. The van der Waals surface area contributed by atoms with Crippen molar-refractivity contribution in [3.05, 3.63) is 24.0 Å². The summed E-state index contributed by atoms with van der Waals surface area (Å²) in [6.45, 7) is 2.83. The number of aromatic nitrogens is 1. The van der Waals surface area contributed by atoms with Crippen LogP contribution in [0.4, 0.5) is 0 Å². The summed E-state index contributed by atoms with van der Waals surface area (Å²) in [6.07, 6.45) is 2.41. The molecule has 0 bridgehead atoms. The lowest BCUT2D eigenvalue weighted by Gasteiger charge is -2.30. The average Bonchev–Trinajstić information content (AvgIpc) is 2.95. The molecule has 0 spiro atoms. The molecule has 3 heterocycles. The van der Waals surface area contributed by atoms with Crippen molar-refractivity contribution in [2.75, 3.05) is 20.1 Å². The van der Waals surface area contributed by atoms with Gasteiger partial charge in [0.15, 0.2) is 0 Å². The molecule has 0 radical (unpaired) electrons.